The molecule has 1 atom stereocenters. The van der Waals surface area contributed by atoms with E-state index in [0.29, 0.717) is 5.92 Å². The van der Waals surface area contributed by atoms with E-state index < -0.39 is 0 Å². The molecule has 2 aliphatic rings. The molecule has 0 N–H and O–H groups in total. The molecule has 0 saturated heterocycles. The summed E-state index contributed by atoms with van der Waals surface area (Å²) < 4.78 is 2.36. The SMILES string of the molecule is Cc1ccccc1C1=[N+](C)CC2C=CC=CC2=C1. The molecule has 0 spiro atoms. The second kappa shape index (κ2) is 4.41. The lowest BCUT2D eigenvalue weighted by atomic mass is 9.88. The molecule has 0 bridgehead atoms. The Morgan fingerprint density at radius 3 is 2.83 bits per heavy atom. The maximum atomic E-state index is 2.36. The molecule has 3 rings (SSSR count). The maximum absolute atomic E-state index is 2.36. The highest BCUT2D eigenvalue weighted by Crippen LogP contribution is 2.24. The Hall–Kier alpha value is -1.89. The summed E-state index contributed by atoms with van der Waals surface area (Å²) in [5.41, 5.74) is 5.44. The summed E-state index contributed by atoms with van der Waals surface area (Å²) in [5.74, 6) is 0.549. The minimum atomic E-state index is 0.549. The van der Waals surface area contributed by atoms with E-state index in [0.717, 1.165) is 6.54 Å². The first kappa shape index (κ1) is 11.2. The van der Waals surface area contributed by atoms with E-state index >= 15 is 0 Å². The smallest absolute Gasteiger partial charge is 0.207 e. The van der Waals surface area contributed by atoms with E-state index in [1.54, 1.807) is 0 Å². The van der Waals surface area contributed by atoms with Crippen molar-refractivity contribution in [1.29, 1.82) is 0 Å². The molecule has 1 heterocycles. The minimum Gasteiger partial charge on any atom is -0.231 e. The number of nitrogens with zero attached hydrogens (tertiary/aromatic N) is 1. The molecular weight excluding hydrogens is 218 g/mol. The van der Waals surface area contributed by atoms with Gasteiger partial charge < -0.3 is 0 Å². The fourth-order valence-corrected chi connectivity index (χ4v) is 2.73. The van der Waals surface area contributed by atoms with Gasteiger partial charge in [0.25, 0.3) is 0 Å². The molecule has 0 aromatic heterocycles. The molecule has 0 radical (unpaired) electrons. The number of hydrogen-bond acceptors (Lipinski definition) is 0. The van der Waals surface area contributed by atoms with Gasteiger partial charge in [-0.25, -0.2) is 4.58 Å². The summed E-state index contributed by atoms with van der Waals surface area (Å²) in [5, 5.41) is 0. The van der Waals surface area contributed by atoms with Crippen molar-refractivity contribution in [2.45, 2.75) is 6.92 Å². The molecule has 0 saturated carbocycles. The summed E-state index contributed by atoms with van der Waals surface area (Å²) in [6.45, 7) is 3.24. The fraction of sp³-hybridized carbons (Fsp3) is 0.235. The highest BCUT2D eigenvalue weighted by atomic mass is 15.0. The van der Waals surface area contributed by atoms with E-state index in [4.69, 9.17) is 0 Å². The zero-order valence-electron chi connectivity index (χ0n) is 10.9. The van der Waals surface area contributed by atoms with Crippen LogP contribution in [0.25, 0.3) is 0 Å². The molecule has 1 unspecified atom stereocenters. The summed E-state index contributed by atoms with van der Waals surface area (Å²) in [6, 6.07) is 8.60. The van der Waals surface area contributed by atoms with Crippen LogP contribution in [0.3, 0.4) is 0 Å². The van der Waals surface area contributed by atoms with E-state index in [2.05, 4.69) is 73.2 Å². The minimum absolute atomic E-state index is 0.549. The van der Waals surface area contributed by atoms with Gasteiger partial charge in [0.2, 0.25) is 5.71 Å². The number of benzene rings is 1. The van der Waals surface area contributed by atoms with Crippen molar-refractivity contribution < 1.29 is 4.58 Å². The van der Waals surface area contributed by atoms with Crippen molar-refractivity contribution in [3.63, 3.8) is 0 Å². The second-order valence-electron chi connectivity index (χ2n) is 5.08. The molecule has 1 nitrogen and oxygen atoms in total. The van der Waals surface area contributed by atoms with Crippen LogP contribution in [-0.2, 0) is 0 Å². The van der Waals surface area contributed by atoms with Crippen LogP contribution in [-0.4, -0.2) is 23.9 Å². The summed E-state index contributed by atoms with van der Waals surface area (Å²) in [6.07, 6.45) is 11.1. The van der Waals surface area contributed by atoms with Crippen molar-refractivity contribution in [3.8, 4) is 0 Å². The third kappa shape index (κ3) is 1.86. The van der Waals surface area contributed by atoms with Crippen molar-refractivity contribution in [2.24, 2.45) is 5.92 Å². The first-order valence-electron chi connectivity index (χ1n) is 6.46. The molecule has 1 aliphatic carbocycles. The van der Waals surface area contributed by atoms with Gasteiger partial charge in [-0.15, -0.1) is 0 Å². The van der Waals surface area contributed by atoms with Crippen LogP contribution in [0, 0.1) is 12.8 Å². The summed E-state index contributed by atoms with van der Waals surface area (Å²) in [4.78, 5) is 0. The van der Waals surface area contributed by atoms with Crippen LogP contribution < -0.4 is 0 Å². The van der Waals surface area contributed by atoms with Gasteiger partial charge in [0, 0.05) is 11.6 Å². The Morgan fingerprint density at radius 1 is 1.17 bits per heavy atom. The molecule has 0 fully saturated rings. The number of rotatable bonds is 1. The Kier molecular flexibility index (Phi) is 2.75. The van der Waals surface area contributed by atoms with Gasteiger partial charge in [0.1, 0.15) is 7.05 Å². The highest BCUT2D eigenvalue weighted by molar-refractivity contribution is 6.07. The Balaban J connectivity index is 2.08. The fourth-order valence-electron chi connectivity index (χ4n) is 2.73. The first-order chi connectivity index (χ1) is 8.75. The predicted octanol–water partition coefficient (Wildman–Crippen LogP) is 3.11. The highest BCUT2D eigenvalue weighted by Gasteiger charge is 2.26. The van der Waals surface area contributed by atoms with Crippen molar-refractivity contribution in [1.82, 2.24) is 0 Å². The average Bonchev–Trinajstić information content (AvgIpc) is 2.39. The Bertz CT molecular complexity index is 600. The first-order valence-corrected chi connectivity index (χ1v) is 6.46. The largest absolute Gasteiger partial charge is 0.231 e. The molecular formula is C17H18N+. The van der Waals surface area contributed by atoms with Gasteiger partial charge >= 0.3 is 0 Å². The van der Waals surface area contributed by atoms with Crippen molar-refractivity contribution in [2.75, 3.05) is 13.6 Å². The maximum Gasteiger partial charge on any atom is 0.207 e. The van der Waals surface area contributed by atoms with E-state index in [-0.39, 0.29) is 0 Å². The van der Waals surface area contributed by atoms with Crippen LogP contribution in [0.1, 0.15) is 11.1 Å². The zero-order valence-corrected chi connectivity index (χ0v) is 10.9. The van der Waals surface area contributed by atoms with Crippen LogP contribution in [0.15, 0.2) is 60.2 Å². The van der Waals surface area contributed by atoms with Crippen LogP contribution >= 0.6 is 0 Å². The van der Waals surface area contributed by atoms with Gasteiger partial charge in [0.15, 0.2) is 6.54 Å². The van der Waals surface area contributed by atoms with Gasteiger partial charge in [0.05, 0.1) is 5.92 Å². The normalized spacial score (nSPS) is 21.9. The van der Waals surface area contributed by atoms with Gasteiger partial charge in [-0.05, 0) is 24.1 Å². The van der Waals surface area contributed by atoms with Crippen LogP contribution in [0.4, 0.5) is 0 Å². The van der Waals surface area contributed by atoms with Crippen molar-refractivity contribution >= 4 is 5.71 Å². The van der Waals surface area contributed by atoms with Gasteiger partial charge in [-0.2, -0.15) is 0 Å². The predicted molar refractivity (Wildman–Crippen MR) is 76.2 cm³/mol. The number of fused-ring (bicyclic) bond motifs is 1. The van der Waals surface area contributed by atoms with Gasteiger partial charge in [-0.3, -0.25) is 0 Å². The number of allylic oxidation sites excluding steroid dienone is 4. The third-order valence-corrected chi connectivity index (χ3v) is 3.78. The molecule has 1 aromatic rings. The number of hydrogen-bond donors (Lipinski definition) is 0. The Labute approximate surface area is 108 Å². The number of aryl methyl sites for hydroxylation is 1. The Morgan fingerprint density at radius 2 is 2.00 bits per heavy atom. The molecule has 18 heavy (non-hydrogen) atoms. The standard InChI is InChI=1S/C17H18N/c1-13-7-3-6-10-16(13)17-11-14-8-4-5-9-15(14)12-18(17)2/h3-11,15H,12H2,1-2H3/q+1. The lowest BCUT2D eigenvalue weighted by Crippen LogP contribution is -2.29. The quantitative estimate of drug-likeness (QED) is 0.659. The monoisotopic (exact) mass is 236 g/mol. The van der Waals surface area contributed by atoms with E-state index in [9.17, 15) is 0 Å². The molecule has 90 valence electrons. The van der Waals surface area contributed by atoms with E-state index in [1.807, 2.05) is 0 Å². The van der Waals surface area contributed by atoms with Gasteiger partial charge in [-0.1, -0.05) is 42.5 Å². The average molecular weight is 236 g/mol. The molecule has 1 heteroatoms. The molecule has 1 aromatic carbocycles. The second-order valence-corrected chi connectivity index (χ2v) is 5.08. The van der Waals surface area contributed by atoms with E-state index in [1.165, 1.54) is 22.4 Å². The lowest BCUT2D eigenvalue weighted by molar-refractivity contribution is -0.501. The van der Waals surface area contributed by atoms with Crippen LogP contribution in [0.5, 0.6) is 0 Å². The molecule has 0 amide bonds. The van der Waals surface area contributed by atoms with Crippen molar-refractivity contribution in [3.05, 3.63) is 71.3 Å². The third-order valence-electron chi connectivity index (χ3n) is 3.78. The topological polar surface area (TPSA) is 3.01 Å². The van der Waals surface area contributed by atoms with Crippen LogP contribution in [0.2, 0.25) is 0 Å². The lowest BCUT2D eigenvalue weighted by Gasteiger charge is -2.20. The zero-order chi connectivity index (χ0) is 12.5. The summed E-state index contributed by atoms with van der Waals surface area (Å²) in [7, 11) is 2.18. The summed E-state index contributed by atoms with van der Waals surface area (Å²) >= 11 is 0. The molecule has 1 aliphatic heterocycles.